The second kappa shape index (κ2) is 5.79. The number of amides is 1. The highest BCUT2D eigenvalue weighted by molar-refractivity contribution is 8.00. The molecule has 116 valence electrons. The van der Waals surface area contributed by atoms with Crippen molar-refractivity contribution in [2.45, 2.75) is 30.5 Å². The lowest BCUT2D eigenvalue weighted by molar-refractivity contribution is -0.136. The molecule has 1 heterocycles. The minimum atomic E-state index is -4.56. The summed E-state index contributed by atoms with van der Waals surface area (Å²) in [6, 6.07) is 3.33. The van der Waals surface area contributed by atoms with Gasteiger partial charge in [0.15, 0.2) is 0 Å². The fourth-order valence-corrected chi connectivity index (χ4v) is 3.79. The largest absolute Gasteiger partial charge is 0.418 e. The smallest absolute Gasteiger partial charge is 0.398 e. The second-order valence-corrected chi connectivity index (χ2v) is 7.15. The average molecular weight is 318 g/mol. The van der Waals surface area contributed by atoms with E-state index in [9.17, 15) is 18.0 Å². The molecular weight excluding hydrogens is 301 g/mol. The van der Waals surface area contributed by atoms with Crippen molar-refractivity contribution in [1.29, 1.82) is 0 Å². The van der Waals surface area contributed by atoms with Crippen LogP contribution in [0.5, 0.6) is 0 Å². The maximum atomic E-state index is 12.9. The van der Waals surface area contributed by atoms with Crippen LogP contribution in [0.4, 0.5) is 18.9 Å². The number of anilines is 1. The van der Waals surface area contributed by atoms with E-state index < -0.39 is 11.7 Å². The van der Waals surface area contributed by atoms with Crippen LogP contribution in [-0.4, -0.2) is 34.4 Å². The normalized spacial score (nSPS) is 23.2. The van der Waals surface area contributed by atoms with Gasteiger partial charge in [0.05, 0.1) is 5.56 Å². The Balaban J connectivity index is 2.27. The first-order valence-electron chi connectivity index (χ1n) is 6.60. The highest BCUT2D eigenvalue weighted by atomic mass is 32.2. The number of nitrogens with two attached hydrogens (primary N) is 1. The van der Waals surface area contributed by atoms with Gasteiger partial charge in [-0.25, -0.2) is 0 Å². The van der Waals surface area contributed by atoms with E-state index in [0.29, 0.717) is 13.1 Å². The molecule has 2 rings (SSSR count). The minimum Gasteiger partial charge on any atom is -0.398 e. The third kappa shape index (κ3) is 3.64. The fraction of sp³-hybridized carbons (Fsp3) is 0.500. The number of carbonyl (C=O) groups excluding carboxylic acids is 1. The summed E-state index contributed by atoms with van der Waals surface area (Å²) in [6.07, 6.45) is -4.56. The van der Waals surface area contributed by atoms with Gasteiger partial charge < -0.3 is 10.6 Å². The first kappa shape index (κ1) is 16.0. The number of hydrogen-bond acceptors (Lipinski definition) is 3. The Bertz CT molecular complexity index is 538. The zero-order valence-electron chi connectivity index (χ0n) is 11.8. The van der Waals surface area contributed by atoms with Crippen molar-refractivity contribution >= 4 is 23.4 Å². The molecule has 1 saturated heterocycles. The Morgan fingerprint density at radius 3 is 2.38 bits per heavy atom. The summed E-state index contributed by atoms with van der Waals surface area (Å²) < 4.78 is 38.6. The zero-order chi connectivity index (χ0) is 15.8. The Morgan fingerprint density at radius 2 is 1.86 bits per heavy atom. The summed E-state index contributed by atoms with van der Waals surface area (Å²) in [6.45, 7) is 5.09. The molecule has 0 bridgehead atoms. The van der Waals surface area contributed by atoms with Crippen LogP contribution in [0, 0.1) is 0 Å². The molecule has 21 heavy (non-hydrogen) atoms. The van der Waals surface area contributed by atoms with Crippen molar-refractivity contribution in [2.75, 3.05) is 18.8 Å². The molecule has 1 aliphatic rings. The van der Waals surface area contributed by atoms with Gasteiger partial charge in [-0.1, -0.05) is 13.8 Å². The van der Waals surface area contributed by atoms with Gasteiger partial charge >= 0.3 is 6.18 Å². The molecule has 1 fully saturated rings. The summed E-state index contributed by atoms with van der Waals surface area (Å²) in [5.41, 5.74) is 4.06. The topological polar surface area (TPSA) is 46.3 Å². The Hall–Kier alpha value is -1.37. The lowest BCUT2D eigenvalue weighted by atomic mass is 10.1. The van der Waals surface area contributed by atoms with E-state index in [2.05, 4.69) is 0 Å². The van der Waals surface area contributed by atoms with Gasteiger partial charge in [-0.3, -0.25) is 4.79 Å². The van der Waals surface area contributed by atoms with Crippen molar-refractivity contribution < 1.29 is 18.0 Å². The molecule has 1 aliphatic heterocycles. The molecule has 7 heteroatoms. The molecule has 0 aliphatic carbocycles. The molecular formula is C14H17F3N2OS. The molecule has 2 N–H and O–H groups in total. The maximum Gasteiger partial charge on any atom is 0.418 e. The van der Waals surface area contributed by atoms with Crippen molar-refractivity contribution in [3.8, 4) is 0 Å². The van der Waals surface area contributed by atoms with Gasteiger partial charge in [0.1, 0.15) is 0 Å². The standard InChI is InChI=1S/C14H17F3N2OS/c1-8-6-19(7-9(2)21-8)13(20)10-3-4-12(18)11(5-10)14(15,16)17/h3-5,8-9H,6-7,18H2,1-2H3. The SMILES string of the molecule is CC1CN(C(=O)c2ccc(N)c(C(F)(F)F)c2)CC(C)S1. The van der Waals surface area contributed by atoms with E-state index in [-0.39, 0.29) is 27.7 Å². The van der Waals surface area contributed by atoms with Crippen LogP contribution >= 0.6 is 11.8 Å². The van der Waals surface area contributed by atoms with Crippen molar-refractivity contribution in [2.24, 2.45) is 0 Å². The number of carbonyl (C=O) groups is 1. The molecule has 1 aromatic carbocycles. The zero-order valence-corrected chi connectivity index (χ0v) is 12.6. The number of halogens is 3. The predicted octanol–water partition coefficient (Wildman–Crippen LogP) is 3.25. The van der Waals surface area contributed by atoms with Crippen molar-refractivity contribution in [1.82, 2.24) is 4.90 Å². The van der Waals surface area contributed by atoms with Crippen LogP contribution in [0.3, 0.4) is 0 Å². The molecule has 0 saturated carbocycles. The third-order valence-corrected chi connectivity index (χ3v) is 4.54. The summed E-state index contributed by atoms with van der Waals surface area (Å²) in [4.78, 5) is 14.0. The van der Waals surface area contributed by atoms with Gasteiger partial charge in [-0.05, 0) is 18.2 Å². The number of nitrogen functional groups attached to an aromatic ring is 1. The molecule has 3 nitrogen and oxygen atoms in total. The van der Waals surface area contributed by atoms with Crippen LogP contribution in [-0.2, 0) is 6.18 Å². The van der Waals surface area contributed by atoms with Crippen LogP contribution in [0.15, 0.2) is 18.2 Å². The third-order valence-electron chi connectivity index (χ3n) is 3.31. The highest BCUT2D eigenvalue weighted by Crippen LogP contribution is 2.34. The summed E-state index contributed by atoms with van der Waals surface area (Å²) in [5, 5.41) is 0.544. The number of thioether (sulfide) groups is 1. The van der Waals surface area contributed by atoms with Gasteiger partial charge in [0, 0.05) is 34.8 Å². The van der Waals surface area contributed by atoms with Gasteiger partial charge in [0.25, 0.3) is 5.91 Å². The minimum absolute atomic E-state index is 0.0304. The molecule has 2 atom stereocenters. The van der Waals surface area contributed by atoms with Gasteiger partial charge in [-0.15, -0.1) is 0 Å². The number of hydrogen-bond donors (Lipinski definition) is 1. The first-order chi connectivity index (χ1) is 9.68. The molecule has 1 aromatic rings. The maximum absolute atomic E-state index is 12.9. The lowest BCUT2D eigenvalue weighted by Gasteiger charge is -2.34. The monoisotopic (exact) mass is 318 g/mol. The Morgan fingerprint density at radius 1 is 1.29 bits per heavy atom. The van der Waals surface area contributed by atoms with E-state index >= 15 is 0 Å². The van der Waals surface area contributed by atoms with Crippen molar-refractivity contribution in [3.05, 3.63) is 29.3 Å². The molecule has 1 amide bonds. The van der Waals surface area contributed by atoms with E-state index in [4.69, 9.17) is 5.73 Å². The van der Waals surface area contributed by atoms with E-state index in [1.54, 1.807) is 16.7 Å². The van der Waals surface area contributed by atoms with Crippen LogP contribution < -0.4 is 5.73 Å². The molecule has 0 aromatic heterocycles. The molecule has 2 unspecified atom stereocenters. The Kier molecular flexibility index (Phi) is 4.41. The van der Waals surface area contributed by atoms with Crippen LogP contribution in [0.2, 0.25) is 0 Å². The van der Waals surface area contributed by atoms with Gasteiger partial charge in [-0.2, -0.15) is 24.9 Å². The van der Waals surface area contributed by atoms with Gasteiger partial charge in [0.2, 0.25) is 0 Å². The van der Waals surface area contributed by atoms with E-state index in [1.165, 1.54) is 6.07 Å². The highest BCUT2D eigenvalue weighted by Gasteiger charge is 2.34. The number of benzene rings is 1. The number of nitrogens with zero attached hydrogens (tertiary/aromatic N) is 1. The molecule has 0 spiro atoms. The summed E-state index contributed by atoms with van der Waals surface area (Å²) in [7, 11) is 0. The number of alkyl halides is 3. The molecule has 0 radical (unpaired) electrons. The lowest BCUT2D eigenvalue weighted by Crippen LogP contribution is -2.44. The van der Waals surface area contributed by atoms with E-state index in [1.807, 2.05) is 13.8 Å². The van der Waals surface area contributed by atoms with Crippen LogP contribution in [0.1, 0.15) is 29.8 Å². The fourth-order valence-electron chi connectivity index (χ4n) is 2.46. The average Bonchev–Trinajstić information content (AvgIpc) is 2.36. The van der Waals surface area contributed by atoms with Crippen molar-refractivity contribution in [3.63, 3.8) is 0 Å². The number of rotatable bonds is 1. The van der Waals surface area contributed by atoms with Crippen LogP contribution in [0.25, 0.3) is 0 Å². The second-order valence-electron chi connectivity index (χ2n) is 5.27. The predicted molar refractivity (Wildman–Crippen MR) is 78.3 cm³/mol. The quantitative estimate of drug-likeness (QED) is 0.809. The Labute approximate surface area is 125 Å². The summed E-state index contributed by atoms with van der Waals surface area (Å²) in [5.74, 6) is -0.375. The first-order valence-corrected chi connectivity index (χ1v) is 7.54. The van der Waals surface area contributed by atoms with E-state index in [0.717, 1.165) is 12.1 Å². The summed E-state index contributed by atoms with van der Waals surface area (Å²) >= 11 is 1.77.